The molecule has 0 aromatic rings. The molecule has 0 aliphatic heterocycles. The van der Waals surface area contributed by atoms with Gasteiger partial charge in [0.15, 0.2) is 12.2 Å². The predicted molar refractivity (Wildman–Crippen MR) is 395 cm³/mol. The summed E-state index contributed by atoms with van der Waals surface area (Å²) in [4.78, 5) is 72.9. The average molecular weight is 1420 g/mol. The molecule has 5 atom stereocenters. The third kappa shape index (κ3) is 72.2. The largest absolute Gasteiger partial charge is 0.472 e. The van der Waals surface area contributed by atoms with E-state index in [-0.39, 0.29) is 25.7 Å². The van der Waals surface area contributed by atoms with Crippen molar-refractivity contribution in [2.24, 2.45) is 5.92 Å². The zero-order valence-corrected chi connectivity index (χ0v) is 65.0. The summed E-state index contributed by atoms with van der Waals surface area (Å²) in [6.07, 6.45) is 60.9. The predicted octanol–water partition coefficient (Wildman–Crippen LogP) is 23.3. The van der Waals surface area contributed by atoms with E-state index in [2.05, 4.69) is 34.6 Å². The third-order valence-electron chi connectivity index (χ3n) is 18.3. The first kappa shape index (κ1) is 95.1. The van der Waals surface area contributed by atoms with Gasteiger partial charge in [0.2, 0.25) is 0 Å². The lowest BCUT2D eigenvalue weighted by molar-refractivity contribution is -0.161. The third-order valence-corrected chi connectivity index (χ3v) is 20.2. The van der Waals surface area contributed by atoms with E-state index >= 15 is 0 Å². The summed E-state index contributed by atoms with van der Waals surface area (Å²) >= 11 is 0. The molecule has 0 heterocycles. The van der Waals surface area contributed by atoms with Crippen LogP contribution in [0, 0.1) is 5.92 Å². The number of rotatable bonds is 78. The normalized spacial score (nSPS) is 13.9. The van der Waals surface area contributed by atoms with Crippen molar-refractivity contribution in [1.29, 1.82) is 0 Å². The van der Waals surface area contributed by atoms with Gasteiger partial charge in [0.25, 0.3) is 0 Å². The Morgan fingerprint density at radius 1 is 0.278 bits per heavy atom. The van der Waals surface area contributed by atoms with Gasteiger partial charge in [-0.1, -0.05) is 362 Å². The number of unbranched alkanes of at least 4 members (excludes halogenated alkanes) is 50. The number of carbonyl (C=O) groups excluding carboxylic acids is 4. The first-order valence-corrected chi connectivity index (χ1v) is 43.6. The van der Waals surface area contributed by atoms with Crippen LogP contribution in [0.15, 0.2) is 0 Å². The quantitative estimate of drug-likeness (QED) is 0.0222. The van der Waals surface area contributed by atoms with Crippen LogP contribution in [0.1, 0.15) is 413 Å². The topological polar surface area (TPSA) is 237 Å². The Hall–Kier alpha value is -1.94. The SMILES string of the molecule is CCCCCCCCCCCCCCCCCCCC(=O)O[C@H](COC(=O)CCCCCCCCCCCCCCCC(C)C)COP(=O)(O)OC[C@@H](O)COP(=O)(O)OC[C@@H](COC(=O)CCCCCCCCCCCC)OC(=O)CCCCCCCCCCCCCCCC. The first-order valence-electron chi connectivity index (χ1n) is 40.6. The van der Waals surface area contributed by atoms with E-state index in [1.54, 1.807) is 0 Å². The molecular formula is C78H152O17P2. The van der Waals surface area contributed by atoms with Crippen LogP contribution in [0.4, 0.5) is 0 Å². The molecule has 0 aromatic heterocycles. The molecule has 3 N–H and O–H groups in total. The van der Waals surface area contributed by atoms with Gasteiger partial charge in [-0.15, -0.1) is 0 Å². The summed E-state index contributed by atoms with van der Waals surface area (Å²) in [6.45, 7) is 7.33. The van der Waals surface area contributed by atoms with E-state index < -0.39 is 97.5 Å². The van der Waals surface area contributed by atoms with E-state index in [1.807, 2.05) is 0 Å². The van der Waals surface area contributed by atoms with Crippen molar-refractivity contribution >= 4 is 39.5 Å². The highest BCUT2D eigenvalue weighted by molar-refractivity contribution is 7.47. The van der Waals surface area contributed by atoms with Crippen molar-refractivity contribution < 1.29 is 80.2 Å². The van der Waals surface area contributed by atoms with Gasteiger partial charge in [-0.05, 0) is 31.6 Å². The van der Waals surface area contributed by atoms with Crippen molar-refractivity contribution in [3.63, 3.8) is 0 Å². The second-order valence-electron chi connectivity index (χ2n) is 28.6. The van der Waals surface area contributed by atoms with E-state index in [9.17, 15) is 43.2 Å². The lowest BCUT2D eigenvalue weighted by Crippen LogP contribution is -2.30. The van der Waals surface area contributed by atoms with Crippen LogP contribution < -0.4 is 0 Å². The molecular weight excluding hydrogens is 1270 g/mol. The van der Waals surface area contributed by atoms with Crippen LogP contribution in [0.25, 0.3) is 0 Å². The molecule has 2 unspecified atom stereocenters. The molecule has 17 nitrogen and oxygen atoms in total. The zero-order chi connectivity index (χ0) is 71.2. The molecule has 576 valence electrons. The number of phosphoric ester groups is 2. The molecule has 0 bridgehead atoms. The van der Waals surface area contributed by atoms with Crippen molar-refractivity contribution in [1.82, 2.24) is 0 Å². The molecule has 0 aromatic carbocycles. The fraction of sp³-hybridized carbons (Fsp3) is 0.949. The number of carbonyl (C=O) groups is 4. The molecule has 19 heteroatoms. The number of ether oxygens (including phenoxy) is 4. The lowest BCUT2D eigenvalue weighted by atomic mass is 10.0. The number of aliphatic hydroxyl groups is 1. The number of hydrogen-bond donors (Lipinski definition) is 3. The maximum Gasteiger partial charge on any atom is 0.472 e. The Morgan fingerprint density at radius 2 is 0.474 bits per heavy atom. The summed E-state index contributed by atoms with van der Waals surface area (Å²) in [5, 5.41) is 10.6. The minimum Gasteiger partial charge on any atom is -0.462 e. The van der Waals surface area contributed by atoms with Gasteiger partial charge in [0.05, 0.1) is 26.4 Å². The molecule has 0 rings (SSSR count). The maximum atomic E-state index is 13.1. The molecule has 0 fully saturated rings. The molecule has 0 saturated heterocycles. The second-order valence-corrected chi connectivity index (χ2v) is 31.5. The van der Waals surface area contributed by atoms with Crippen LogP contribution in [-0.2, 0) is 65.4 Å². The van der Waals surface area contributed by atoms with Crippen LogP contribution in [0.3, 0.4) is 0 Å². The summed E-state index contributed by atoms with van der Waals surface area (Å²) in [6, 6.07) is 0. The highest BCUT2D eigenvalue weighted by Crippen LogP contribution is 2.45. The number of aliphatic hydroxyl groups excluding tert-OH is 1. The molecule has 0 aliphatic rings. The number of hydrogen-bond acceptors (Lipinski definition) is 15. The molecule has 0 spiro atoms. The van der Waals surface area contributed by atoms with Crippen molar-refractivity contribution in [2.75, 3.05) is 39.6 Å². The van der Waals surface area contributed by atoms with Gasteiger partial charge in [0.1, 0.15) is 19.3 Å². The molecule has 97 heavy (non-hydrogen) atoms. The van der Waals surface area contributed by atoms with Crippen LogP contribution in [-0.4, -0.2) is 96.7 Å². The fourth-order valence-electron chi connectivity index (χ4n) is 12.1. The van der Waals surface area contributed by atoms with Crippen LogP contribution in [0.2, 0.25) is 0 Å². The Kier molecular flexibility index (Phi) is 69.6. The molecule has 0 amide bonds. The van der Waals surface area contributed by atoms with E-state index in [0.717, 1.165) is 95.8 Å². The van der Waals surface area contributed by atoms with E-state index in [1.165, 1.54) is 238 Å². The standard InChI is InChI=1S/C78H152O17P2/c1-6-9-12-15-18-21-24-26-28-29-30-34-39-44-49-54-59-64-78(83)95-74(68-89-76(81)62-57-52-47-42-37-35-31-32-36-40-45-50-55-60-71(4)5)70-93-97(86,87)91-66-72(79)65-90-96(84,85)92-69-73(67-88-75(80)61-56-51-46-41-23-20-17-14-11-8-3)94-77(82)63-58-53-48-43-38-33-27-25-22-19-16-13-10-7-2/h71-74,79H,6-70H2,1-5H3,(H,84,85)(H,86,87)/t72-,73+,74+/m0/s1. The van der Waals surface area contributed by atoms with Crippen LogP contribution in [0.5, 0.6) is 0 Å². The minimum absolute atomic E-state index is 0.108. The van der Waals surface area contributed by atoms with Crippen molar-refractivity contribution in [2.45, 2.75) is 432 Å². The Bertz CT molecular complexity index is 1860. The zero-order valence-electron chi connectivity index (χ0n) is 63.2. The van der Waals surface area contributed by atoms with Gasteiger partial charge >= 0.3 is 39.5 Å². The summed E-state index contributed by atoms with van der Waals surface area (Å²) in [5.74, 6) is -1.32. The van der Waals surface area contributed by atoms with Crippen molar-refractivity contribution in [3.8, 4) is 0 Å². The van der Waals surface area contributed by atoms with Gasteiger partial charge in [0, 0.05) is 25.7 Å². The van der Waals surface area contributed by atoms with Gasteiger partial charge < -0.3 is 33.8 Å². The second kappa shape index (κ2) is 71.1. The highest BCUT2D eigenvalue weighted by atomic mass is 31.2. The van der Waals surface area contributed by atoms with Crippen molar-refractivity contribution in [3.05, 3.63) is 0 Å². The smallest absolute Gasteiger partial charge is 0.462 e. The van der Waals surface area contributed by atoms with Crippen LogP contribution >= 0.6 is 15.6 Å². The van der Waals surface area contributed by atoms with E-state index in [0.29, 0.717) is 25.7 Å². The molecule has 0 radical (unpaired) electrons. The Balaban J connectivity index is 5.24. The molecule has 0 saturated carbocycles. The van der Waals surface area contributed by atoms with Gasteiger partial charge in [-0.2, -0.15) is 0 Å². The Labute approximate surface area is 594 Å². The Morgan fingerprint density at radius 3 is 0.701 bits per heavy atom. The molecule has 0 aliphatic carbocycles. The van der Waals surface area contributed by atoms with E-state index in [4.69, 9.17) is 37.0 Å². The number of esters is 4. The highest BCUT2D eigenvalue weighted by Gasteiger charge is 2.30. The number of phosphoric acid groups is 2. The lowest BCUT2D eigenvalue weighted by Gasteiger charge is -2.21. The summed E-state index contributed by atoms with van der Waals surface area (Å²) < 4.78 is 68.6. The average Bonchev–Trinajstić information content (AvgIpc) is 1.10. The van der Waals surface area contributed by atoms with Gasteiger partial charge in [-0.3, -0.25) is 37.3 Å². The monoisotopic (exact) mass is 1420 g/mol. The summed E-state index contributed by atoms with van der Waals surface area (Å²) in [5.41, 5.74) is 0. The minimum atomic E-state index is -4.96. The van der Waals surface area contributed by atoms with Gasteiger partial charge in [-0.25, -0.2) is 9.13 Å². The fourth-order valence-corrected chi connectivity index (χ4v) is 13.6. The first-order chi connectivity index (χ1) is 47.0. The maximum absolute atomic E-state index is 13.1. The summed E-state index contributed by atoms with van der Waals surface area (Å²) in [7, 11) is -9.91.